The van der Waals surface area contributed by atoms with Gasteiger partial charge in [-0.2, -0.15) is 0 Å². The number of hydrogen-bond acceptors (Lipinski definition) is 3. The molecule has 0 aliphatic heterocycles. The highest BCUT2D eigenvalue weighted by atomic mass is 127. The fourth-order valence-corrected chi connectivity index (χ4v) is 4.15. The first kappa shape index (κ1) is 6.87. The van der Waals surface area contributed by atoms with Crippen molar-refractivity contribution in [3.63, 3.8) is 0 Å². The molecular weight excluding hydrogens is 277 g/mol. The molecule has 4 heteroatoms. The van der Waals surface area contributed by atoms with Crippen LogP contribution < -0.4 is 5.73 Å². The van der Waals surface area contributed by atoms with E-state index in [2.05, 4.69) is 28.7 Å². The van der Waals surface area contributed by atoms with E-state index in [9.17, 15) is 0 Å². The zero-order valence-corrected chi connectivity index (χ0v) is 8.72. The van der Waals surface area contributed by atoms with Crippen LogP contribution in [0.15, 0.2) is 11.4 Å². The van der Waals surface area contributed by atoms with Gasteiger partial charge in [0.15, 0.2) is 0 Å². The number of hydrogen-bond donors (Lipinski definition) is 1. The van der Waals surface area contributed by atoms with Crippen LogP contribution in [0, 0.1) is 2.88 Å². The summed E-state index contributed by atoms with van der Waals surface area (Å²) >= 11 is 5.84. The molecule has 0 amide bonds. The molecule has 2 aromatic rings. The lowest BCUT2D eigenvalue weighted by Crippen LogP contribution is -1.77. The van der Waals surface area contributed by atoms with Crippen molar-refractivity contribution in [2.45, 2.75) is 0 Å². The molecule has 2 heterocycles. The molecule has 10 heavy (non-hydrogen) atoms. The van der Waals surface area contributed by atoms with Crippen LogP contribution in [0.3, 0.4) is 0 Å². The third-order valence-corrected chi connectivity index (χ3v) is 4.31. The quantitative estimate of drug-likeness (QED) is 0.738. The number of nitrogens with two attached hydrogens (primary N) is 1. The zero-order chi connectivity index (χ0) is 7.14. The van der Waals surface area contributed by atoms with E-state index in [4.69, 9.17) is 5.73 Å². The molecule has 2 N–H and O–H groups in total. The average Bonchev–Trinajstić information content (AvgIpc) is 2.35. The summed E-state index contributed by atoms with van der Waals surface area (Å²) in [6, 6.07) is 2.13. The van der Waals surface area contributed by atoms with Crippen molar-refractivity contribution < 1.29 is 0 Å². The third kappa shape index (κ3) is 0.943. The van der Waals surface area contributed by atoms with Gasteiger partial charge in [-0.25, -0.2) is 0 Å². The lowest BCUT2D eigenvalue weighted by molar-refractivity contribution is 1.93. The molecule has 0 saturated carbocycles. The van der Waals surface area contributed by atoms with Crippen LogP contribution in [0.2, 0.25) is 0 Å². The van der Waals surface area contributed by atoms with Crippen molar-refractivity contribution in [2.75, 3.05) is 5.73 Å². The monoisotopic (exact) mass is 281 g/mol. The van der Waals surface area contributed by atoms with Crippen LogP contribution in [0.25, 0.3) is 9.40 Å². The van der Waals surface area contributed by atoms with E-state index >= 15 is 0 Å². The molecule has 2 rings (SSSR count). The topological polar surface area (TPSA) is 26.0 Å². The molecule has 0 spiro atoms. The summed E-state index contributed by atoms with van der Waals surface area (Å²) in [5.74, 6) is 0. The van der Waals surface area contributed by atoms with Crippen molar-refractivity contribution in [1.29, 1.82) is 0 Å². The predicted octanol–water partition coefficient (Wildman–Crippen LogP) is 3.15. The predicted molar refractivity (Wildman–Crippen MR) is 56.8 cm³/mol. The SMILES string of the molecule is Nc1csc2sc(I)cc12. The minimum Gasteiger partial charge on any atom is -0.398 e. The highest BCUT2D eigenvalue weighted by Crippen LogP contribution is 2.35. The van der Waals surface area contributed by atoms with Gasteiger partial charge in [0.2, 0.25) is 0 Å². The van der Waals surface area contributed by atoms with Gasteiger partial charge >= 0.3 is 0 Å². The molecule has 0 fully saturated rings. The molecule has 0 radical (unpaired) electrons. The summed E-state index contributed by atoms with van der Waals surface area (Å²) in [5.41, 5.74) is 6.62. The van der Waals surface area contributed by atoms with Crippen LogP contribution in [0.1, 0.15) is 0 Å². The Morgan fingerprint density at radius 3 is 3.00 bits per heavy atom. The molecule has 52 valence electrons. The number of nitrogen functional groups attached to an aromatic ring is 1. The molecule has 0 atom stereocenters. The second-order valence-corrected chi connectivity index (χ2v) is 6.03. The van der Waals surface area contributed by atoms with Gasteiger partial charge in [-0.3, -0.25) is 0 Å². The summed E-state index contributed by atoms with van der Waals surface area (Å²) in [6.45, 7) is 0. The van der Waals surface area contributed by atoms with Crippen LogP contribution in [0.5, 0.6) is 0 Å². The Kier molecular flexibility index (Phi) is 1.62. The van der Waals surface area contributed by atoms with Gasteiger partial charge in [-0.1, -0.05) is 0 Å². The number of anilines is 1. The van der Waals surface area contributed by atoms with Gasteiger partial charge in [0.25, 0.3) is 0 Å². The summed E-state index contributed by atoms with van der Waals surface area (Å²) in [6.07, 6.45) is 0. The molecule has 0 unspecified atom stereocenters. The van der Waals surface area contributed by atoms with E-state index < -0.39 is 0 Å². The van der Waals surface area contributed by atoms with E-state index in [1.54, 1.807) is 22.7 Å². The van der Waals surface area contributed by atoms with Crippen molar-refractivity contribution in [1.82, 2.24) is 0 Å². The maximum Gasteiger partial charge on any atom is 0.0897 e. The maximum atomic E-state index is 5.70. The maximum absolute atomic E-state index is 5.70. The zero-order valence-electron chi connectivity index (χ0n) is 4.93. The van der Waals surface area contributed by atoms with Gasteiger partial charge in [-0.15, -0.1) is 22.7 Å². The van der Waals surface area contributed by atoms with Crippen molar-refractivity contribution in [3.05, 3.63) is 14.3 Å². The van der Waals surface area contributed by atoms with Crippen LogP contribution in [0.4, 0.5) is 5.69 Å². The van der Waals surface area contributed by atoms with Crippen molar-refractivity contribution in [3.8, 4) is 0 Å². The Balaban J connectivity index is 2.90. The molecule has 0 saturated heterocycles. The summed E-state index contributed by atoms with van der Waals surface area (Å²) in [7, 11) is 0. The molecule has 2 aromatic heterocycles. The van der Waals surface area contributed by atoms with Crippen LogP contribution in [-0.2, 0) is 0 Å². The minimum absolute atomic E-state index is 0.916. The van der Waals surface area contributed by atoms with E-state index in [1.165, 1.54) is 12.3 Å². The summed E-state index contributed by atoms with van der Waals surface area (Å²) in [5, 5.41) is 3.22. The molecule has 0 aromatic carbocycles. The van der Waals surface area contributed by atoms with Gasteiger partial charge < -0.3 is 5.73 Å². The van der Waals surface area contributed by atoms with Gasteiger partial charge in [0.1, 0.15) is 0 Å². The first-order valence-electron chi connectivity index (χ1n) is 2.69. The normalized spacial score (nSPS) is 10.9. The minimum atomic E-state index is 0.916. The Bertz CT molecular complexity index is 363. The van der Waals surface area contributed by atoms with E-state index in [-0.39, 0.29) is 0 Å². The van der Waals surface area contributed by atoms with Crippen LogP contribution in [-0.4, -0.2) is 0 Å². The summed E-state index contributed by atoms with van der Waals surface area (Å²) in [4.78, 5) is 0. The molecule has 0 bridgehead atoms. The Morgan fingerprint density at radius 1 is 1.50 bits per heavy atom. The molecule has 1 nitrogen and oxygen atoms in total. The highest BCUT2D eigenvalue weighted by Gasteiger charge is 2.03. The van der Waals surface area contributed by atoms with E-state index in [1.807, 2.05) is 5.38 Å². The third-order valence-electron chi connectivity index (χ3n) is 1.27. The average molecular weight is 281 g/mol. The highest BCUT2D eigenvalue weighted by molar-refractivity contribution is 14.1. The fourth-order valence-electron chi connectivity index (χ4n) is 0.815. The Hall–Kier alpha value is 0.190. The standard InChI is InChI=1S/C6H4INS2/c7-5-1-3-4(8)2-9-6(3)10-5/h1-2H,8H2. The first-order chi connectivity index (χ1) is 4.77. The van der Waals surface area contributed by atoms with E-state index in [0.29, 0.717) is 0 Å². The van der Waals surface area contributed by atoms with E-state index in [0.717, 1.165) is 5.69 Å². The largest absolute Gasteiger partial charge is 0.398 e. The second kappa shape index (κ2) is 2.35. The molecule has 0 aliphatic rings. The summed E-state index contributed by atoms with van der Waals surface area (Å²) < 4.78 is 2.65. The Morgan fingerprint density at radius 2 is 2.30 bits per heavy atom. The number of fused-ring (bicyclic) bond motifs is 1. The first-order valence-corrected chi connectivity index (χ1v) is 5.47. The lowest BCUT2D eigenvalue weighted by atomic mass is 10.4. The molecule has 0 aliphatic carbocycles. The number of halogens is 1. The Labute approximate surface area is 80.0 Å². The van der Waals surface area contributed by atoms with Gasteiger partial charge in [-0.05, 0) is 28.7 Å². The fraction of sp³-hybridized carbons (Fsp3) is 0. The van der Waals surface area contributed by atoms with Crippen molar-refractivity contribution in [2.24, 2.45) is 0 Å². The number of rotatable bonds is 0. The van der Waals surface area contributed by atoms with Gasteiger partial charge in [0, 0.05) is 10.8 Å². The lowest BCUT2D eigenvalue weighted by Gasteiger charge is -1.78. The smallest absolute Gasteiger partial charge is 0.0897 e. The molecular formula is C6H4INS2. The van der Waals surface area contributed by atoms with Crippen LogP contribution >= 0.6 is 45.3 Å². The van der Waals surface area contributed by atoms with Crippen molar-refractivity contribution >= 4 is 60.4 Å². The second-order valence-electron chi connectivity index (χ2n) is 1.94. The number of thiophene rings is 2. The van der Waals surface area contributed by atoms with Gasteiger partial charge in [0.05, 0.1) is 12.6 Å².